The standard InChI is InChI=1S/C36H38N6O4/c43-34-16-15-32(40-34)35(44)41-33(18-29-20-37-24-42(29)21-25-9-3-1-4-10-25)36(45)39-28(23-46-22-26-11-5-2-6-12-26)17-27-19-38-31-14-8-7-13-30(27)31/h1-14,19-20,24,28,32-33,38H,15-18,21-23H2,(H,39,45)(H,40,43)(H,41,44). The van der Waals surface area contributed by atoms with Gasteiger partial charge in [-0.15, -0.1) is 0 Å². The van der Waals surface area contributed by atoms with Crippen LogP contribution in [0.4, 0.5) is 0 Å². The van der Waals surface area contributed by atoms with Crippen molar-refractivity contribution in [3.05, 3.63) is 126 Å². The summed E-state index contributed by atoms with van der Waals surface area (Å²) in [6, 6.07) is 26.0. The van der Waals surface area contributed by atoms with Crippen molar-refractivity contribution < 1.29 is 19.1 Å². The van der Waals surface area contributed by atoms with E-state index in [0.29, 0.717) is 26.0 Å². The molecule has 3 heterocycles. The molecule has 1 aliphatic heterocycles. The SMILES string of the molecule is O=C1CCC(C(=O)NC(Cc2cncn2Cc2ccccc2)C(=O)NC(COCc2ccccc2)Cc2c[nH]c3ccccc23)N1. The van der Waals surface area contributed by atoms with Crippen LogP contribution in [0.25, 0.3) is 10.9 Å². The van der Waals surface area contributed by atoms with E-state index in [9.17, 15) is 14.4 Å². The van der Waals surface area contributed by atoms with Crippen molar-refractivity contribution >= 4 is 28.6 Å². The Bertz CT molecular complexity index is 1770. The third kappa shape index (κ3) is 7.89. The van der Waals surface area contributed by atoms with Gasteiger partial charge in [-0.05, 0) is 35.6 Å². The Balaban J connectivity index is 1.21. The molecule has 0 spiro atoms. The maximum absolute atomic E-state index is 14.1. The first-order chi connectivity index (χ1) is 22.5. The van der Waals surface area contributed by atoms with Crippen LogP contribution in [-0.4, -0.2) is 57.0 Å². The molecule has 0 saturated carbocycles. The van der Waals surface area contributed by atoms with E-state index in [1.165, 1.54) is 0 Å². The Morgan fingerprint density at radius 1 is 0.935 bits per heavy atom. The zero-order valence-corrected chi connectivity index (χ0v) is 25.5. The Kier molecular flexibility index (Phi) is 9.84. The van der Waals surface area contributed by atoms with E-state index >= 15 is 0 Å². The summed E-state index contributed by atoms with van der Waals surface area (Å²) >= 11 is 0. The number of fused-ring (bicyclic) bond motifs is 1. The van der Waals surface area contributed by atoms with Gasteiger partial charge in [0.05, 0.1) is 25.6 Å². The number of amides is 3. The number of H-pyrrole nitrogens is 1. The van der Waals surface area contributed by atoms with Gasteiger partial charge in [-0.3, -0.25) is 14.4 Å². The average molecular weight is 619 g/mol. The van der Waals surface area contributed by atoms with Crippen molar-refractivity contribution in [2.24, 2.45) is 0 Å². The Morgan fingerprint density at radius 3 is 2.43 bits per heavy atom. The molecule has 0 radical (unpaired) electrons. The molecule has 3 unspecified atom stereocenters. The van der Waals surface area contributed by atoms with Crippen molar-refractivity contribution in [3.63, 3.8) is 0 Å². The second-order valence-corrected chi connectivity index (χ2v) is 11.7. The first-order valence-electron chi connectivity index (χ1n) is 15.6. The minimum atomic E-state index is -0.907. The number of benzene rings is 3. The van der Waals surface area contributed by atoms with E-state index in [-0.39, 0.29) is 43.2 Å². The number of aromatic amines is 1. The van der Waals surface area contributed by atoms with Gasteiger partial charge in [0.15, 0.2) is 0 Å². The lowest BCUT2D eigenvalue weighted by Crippen LogP contribution is -2.55. The number of hydrogen-bond donors (Lipinski definition) is 4. The normalized spacial score (nSPS) is 15.7. The first-order valence-corrected chi connectivity index (χ1v) is 15.6. The lowest BCUT2D eigenvalue weighted by Gasteiger charge is -2.25. The summed E-state index contributed by atoms with van der Waals surface area (Å²) in [4.78, 5) is 46.9. The quantitative estimate of drug-likeness (QED) is 0.151. The van der Waals surface area contributed by atoms with Crippen molar-refractivity contribution in [2.75, 3.05) is 6.61 Å². The van der Waals surface area contributed by atoms with Crippen LogP contribution in [0.15, 0.2) is 104 Å². The van der Waals surface area contributed by atoms with Gasteiger partial charge in [0.1, 0.15) is 12.1 Å². The number of carbonyl (C=O) groups excluding carboxylic acids is 3. The second kappa shape index (κ2) is 14.7. The van der Waals surface area contributed by atoms with Crippen LogP contribution in [-0.2, 0) is 45.1 Å². The van der Waals surface area contributed by atoms with Crippen LogP contribution >= 0.6 is 0 Å². The van der Waals surface area contributed by atoms with Crippen molar-refractivity contribution in [3.8, 4) is 0 Å². The van der Waals surface area contributed by atoms with Crippen molar-refractivity contribution in [1.29, 1.82) is 0 Å². The zero-order valence-electron chi connectivity index (χ0n) is 25.5. The molecule has 0 bridgehead atoms. The second-order valence-electron chi connectivity index (χ2n) is 11.7. The first kappa shape index (κ1) is 30.8. The van der Waals surface area contributed by atoms with Gasteiger partial charge < -0.3 is 30.2 Å². The van der Waals surface area contributed by atoms with Crippen LogP contribution in [0.5, 0.6) is 0 Å². The van der Waals surface area contributed by atoms with E-state index in [1.807, 2.05) is 89.6 Å². The number of carbonyl (C=O) groups is 3. The summed E-state index contributed by atoms with van der Waals surface area (Å²) in [5.74, 6) is -0.886. The summed E-state index contributed by atoms with van der Waals surface area (Å²) in [6.45, 7) is 1.25. The fourth-order valence-electron chi connectivity index (χ4n) is 5.85. The highest BCUT2D eigenvalue weighted by atomic mass is 16.5. The van der Waals surface area contributed by atoms with Crippen LogP contribution < -0.4 is 16.0 Å². The molecule has 1 aliphatic rings. The van der Waals surface area contributed by atoms with E-state index in [2.05, 4.69) is 32.0 Å². The summed E-state index contributed by atoms with van der Waals surface area (Å²) in [7, 11) is 0. The summed E-state index contributed by atoms with van der Waals surface area (Å²) in [5, 5.41) is 9.90. The Labute approximate surface area is 267 Å². The highest BCUT2D eigenvalue weighted by Gasteiger charge is 2.32. The van der Waals surface area contributed by atoms with Gasteiger partial charge in [0.2, 0.25) is 17.7 Å². The van der Waals surface area contributed by atoms with E-state index in [1.54, 1.807) is 12.5 Å². The minimum absolute atomic E-state index is 0.170. The molecule has 236 valence electrons. The topological polar surface area (TPSA) is 130 Å². The Hall–Kier alpha value is -5.22. The van der Waals surface area contributed by atoms with E-state index in [0.717, 1.165) is 33.3 Å². The molecule has 3 atom stereocenters. The summed E-state index contributed by atoms with van der Waals surface area (Å²) in [5.41, 5.74) is 5.00. The van der Waals surface area contributed by atoms with Gasteiger partial charge >= 0.3 is 0 Å². The number of para-hydroxylation sites is 1. The molecule has 46 heavy (non-hydrogen) atoms. The number of aromatic nitrogens is 3. The molecule has 3 amide bonds. The number of ether oxygens (including phenoxy) is 1. The zero-order chi connectivity index (χ0) is 31.7. The van der Waals surface area contributed by atoms with E-state index in [4.69, 9.17) is 4.74 Å². The summed E-state index contributed by atoms with van der Waals surface area (Å²) in [6.07, 6.45) is 6.83. The maximum atomic E-state index is 14.1. The third-order valence-corrected chi connectivity index (χ3v) is 8.27. The molecule has 0 aliphatic carbocycles. The third-order valence-electron chi connectivity index (χ3n) is 8.27. The molecule has 6 rings (SSSR count). The number of nitrogens with zero attached hydrogens (tertiary/aromatic N) is 2. The molecule has 10 heteroatoms. The molecule has 1 saturated heterocycles. The van der Waals surface area contributed by atoms with Crippen LogP contribution in [0.3, 0.4) is 0 Å². The smallest absolute Gasteiger partial charge is 0.243 e. The lowest BCUT2D eigenvalue weighted by atomic mass is 10.0. The molecule has 1 fully saturated rings. The molecular formula is C36H38N6O4. The predicted molar refractivity (Wildman–Crippen MR) is 175 cm³/mol. The van der Waals surface area contributed by atoms with Crippen LogP contribution in [0.1, 0.15) is 35.2 Å². The molecule has 2 aromatic heterocycles. The molecule has 3 aromatic carbocycles. The fourth-order valence-corrected chi connectivity index (χ4v) is 5.85. The average Bonchev–Trinajstić information content (AvgIpc) is 3.82. The number of imidazole rings is 1. The maximum Gasteiger partial charge on any atom is 0.243 e. The van der Waals surface area contributed by atoms with Gasteiger partial charge in [-0.2, -0.15) is 0 Å². The number of nitrogens with one attached hydrogen (secondary N) is 4. The van der Waals surface area contributed by atoms with Gasteiger partial charge in [0.25, 0.3) is 0 Å². The largest absolute Gasteiger partial charge is 0.375 e. The number of hydrogen-bond acceptors (Lipinski definition) is 5. The highest BCUT2D eigenvalue weighted by Crippen LogP contribution is 2.20. The molecule has 5 aromatic rings. The molecule has 4 N–H and O–H groups in total. The molecular weight excluding hydrogens is 580 g/mol. The highest BCUT2D eigenvalue weighted by molar-refractivity contribution is 5.94. The fraction of sp³-hybridized carbons (Fsp3) is 0.278. The molecule has 10 nitrogen and oxygen atoms in total. The van der Waals surface area contributed by atoms with Crippen LogP contribution in [0.2, 0.25) is 0 Å². The van der Waals surface area contributed by atoms with Crippen molar-refractivity contribution in [2.45, 2.75) is 57.0 Å². The van der Waals surface area contributed by atoms with Crippen LogP contribution in [0, 0.1) is 0 Å². The predicted octanol–water partition coefficient (Wildman–Crippen LogP) is 3.66. The minimum Gasteiger partial charge on any atom is -0.375 e. The monoisotopic (exact) mass is 618 g/mol. The van der Waals surface area contributed by atoms with Crippen molar-refractivity contribution in [1.82, 2.24) is 30.5 Å². The summed E-state index contributed by atoms with van der Waals surface area (Å²) < 4.78 is 8.09. The number of rotatable bonds is 14. The lowest BCUT2D eigenvalue weighted by molar-refractivity contribution is -0.131. The van der Waals surface area contributed by atoms with E-state index < -0.39 is 12.1 Å². The van der Waals surface area contributed by atoms with Gasteiger partial charge in [-0.25, -0.2) is 4.98 Å². The van der Waals surface area contributed by atoms with Gasteiger partial charge in [-0.1, -0.05) is 78.9 Å². The van der Waals surface area contributed by atoms with Gasteiger partial charge in [0, 0.05) is 48.4 Å². The Morgan fingerprint density at radius 2 is 1.67 bits per heavy atom.